The molecule has 2 fully saturated rings. The van der Waals surface area contributed by atoms with Crippen LogP contribution in [-0.4, -0.2) is 24.0 Å². The average Bonchev–Trinajstić information content (AvgIpc) is 3.09. The molecule has 1 heterocycles. The van der Waals surface area contributed by atoms with Gasteiger partial charge in [-0.3, -0.25) is 4.79 Å². The van der Waals surface area contributed by atoms with Crippen LogP contribution in [0.3, 0.4) is 0 Å². The van der Waals surface area contributed by atoms with E-state index in [0.29, 0.717) is 17.0 Å². The molecule has 28 heavy (non-hydrogen) atoms. The maximum atomic E-state index is 12.8. The molecule has 0 radical (unpaired) electrons. The van der Waals surface area contributed by atoms with Crippen molar-refractivity contribution in [3.63, 3.8) is 0 Å². The molecule has 0 aliphatic heterocycles. The number of hydrogen-bond donors (Lipinski definition) is 2. The molecule has 1 amide bonds. The molecule has 4 rings (SSSR count). The Kier molecular flexibility index (Phi) is 6.63. The largest absolute Gasteiger partial charge is 0.496 e. The number of nitrogens with one attached hydrogen (secondary N) is 1. The summed E-state index contributed by atoms with van der Waals surface area (Å²) >= 11 is 1.46. The van der Waals surface area contributed by atoms with Gasteiger partial charge in [0.1, 0.15) is 5.75 Å². The van der Waals surface area contributed by atoms with E-state index in [9.17, 15) is 4.79 Å². The number of fused-ring (bicyclic) bond motifs is 2. The lowest BCUT2D eigenvalue weighted by Gasteiger charge is -2.43. The van der Waals surface area contributed by atoms with Gasteiger partial charge in [-0.1, -0.05) is 18.1 Å². The average molecular weight is 422 g/mol. The van der Waals surface area contributed by atoms with Crippen LogP contribution in [0.25, 0.3) is 11.3 Å². The lowest BCUT2D eigenvalue weighted by molar-refractivity contribution is -0.122. The molecule has 2 unspecified atom stereocenters. The van der Waals surface area contributed by atoms with Crippen molar-refractivity contribution in [1.29, 1.82) is 0 Å². The topological polar surface area (TPSA) is 77.2 Å². The van der Waals surface area contributed by atoms with Crippen LogP contribution in [0.15, 0.2) is 23.6 Å². The van der Waals surface area contributed by atoms with Gasteiger partial charge in [0.15, 0.2) is 5.13 Å². The highest BCUT2D eigenvalue weighted by atomic mass is 35.5. The summed E-state index contributed by atoms with van der Waals surface area (Å²) in [4.78, 5) is 17.5. The van der Waals surface area contributed by atoms with E-state index in [1.54, 1.807) is 7.11 Å². The van der Waals surface area contributed by atoms with E-state index >= 15 is 0 Å². The fraction of sp³-hybridized carbons (Fsp3) is 0.524. The Morgan fingerprint density at radius 1 is 1.29 bits per heavy atom. The number of thiazole rings is 1. The number of carbonyl (C=O) groups excluding carboxylic acids is 1. The van der Waals surface area contributed by atoms with Gasteiger partial charge in [-0.25, -0.2) is 4.98 Å². The molecular weight excluding hydrogens is 394 g/mol. The number of benzene rings is 1. The maximum absolute atomic E-state index is 12.8. The first-order chi connectivity index (χ1) is 13.0. The molecule has 152 valence electrons. The van der Waals surface area contributed by atoms with Crippen molar-refractivity contribution in [2.45, 2.75) is 45.1 Å². The molecule has 2 aromatic rings. The number of halogens is 1. The van der Waals surface area contributed by atoms with E-state index in [2.05, 4.69) is 16.4 Å². The number of amides is 1. The number of hydrogen-bond acceptors (Lipinski definition) is 5. The summed E-state index contributed by atoms with van der Waals surface area (Å²) in [5.74, 6) is 1.93. The van der Waals surface area contributed by atoms with Crippen molar-refractivity contribution in [2.75, 3.05) is 12.4 Å². The van der Waals surface area contributed by atoms with Crippen molar-refractivity contribution in [3.05, 3.63) is 29.1 Å². The maximum Gasteiger partial charge on any atom is 0.229 e. The van der Waals surface area contributed by atoms with E-state index in [4.69, 9.17) is 10.5 Å². The molecule has 1 aromatic carbocycles. The van der Waals surface area contributed by atoms with Crippen LogP contribution in [0.2, 0.25) is 0 Å². The number of ether oxygens (including phenoxy) is 1. The van der Waals surface area contributed by atoms with E-state index in [0.717, 1.165) is 48.3 Å². The fourth-order valence-corrected chi connectivity index (χ4v) is 5.40. The van der Waals surface area contributed by atoms with Crippen molar-refractivity contribution < 1.29 is 9.53 Å². The van der Waals surface area contributed by atoms with E-state index in [1.807, 2.05) is 24.4 Å². The third-order valence-corrected chi connectivity index (χ3v) is 6.91. The minimum atomic E-state index is 0. The molecule has 5 nitrogen and oxygen atoms in total. The minimum absolute atomic E-state index is 0. The molecule has 7 heteroatoms. The molecule has 3 N–H and O–H groups in total. The van der Waals surface area contributed by atoms with E-state index in [-0.39, 0.29) is 30.3 Å². The van der Waals surface area contributed by atoms with Crippen LogP contribution >= 0.6 is 23.7 Å². The van der Waals surface area contributed by atoms with Crippen LogP contribution in [0, 0.1) is 24.7 Å². The molecule has 2 bridgehead atoms. The number of methoxy groups -OCH3 is 1. The van der Waals surface area contributed by atoms with Gasteiger partial charge < -0.3 is 15.8 Å². The molecule has 2 aliphatic carbocycles. The Balaban J connectivity index is 0.00000225. The van der Waals surface area contributed by atoms with Gasteiger partial charge in [0.2, 0.25) is 5.91 Å². The molecule has 1 aromatic heterocycles. The normalized spacial score (nSPS) is 26.2. The summed E-state index contributed by atoms with van der Waals surface area (Å²) in [6.45, 7) is 2.04. The Labute approximate surface area is 176 Å². The summed E-state index contributed by atoms with van der Waals surface area (Å²) in [7, 11) is 1.66. The predicted molar refractivity (Wildman–Crippen MR) is 116 cm³/mol. The van der Waals surface area contributed by atoms with Crippen molar-refractivity contribution in [1.82, 2.24) is 4.98 Å². The zero-order valence-electron chi connectivity index (χ0n) is 16.3. The summed E-state index contributed by atoms with van der Waals surface area (Å²) in [6.07, 6.45) is 5.40. The van der Waals surface area contributed by atoms with Gasteiger partial charge in [0, 0.05) is 22.9 Å². The number of rotatable bonds is 4. The van der Waals surface area contributed by atoms with Gasteiger partial charge in [-0.15, -0.1) is 23.7 Å². The van der Waals surface area contributed by atoms with E-state index in [1.165, 1.54) is 17.8 Å². The van der Waals surface area contributed by atoms with Crippen LogP contribution in [0.4, 0.5) is 5.13 Å². The number of nitrogens with two attached hydrogens (primary N) is 1. The van der Waals surface area contributed by atoms with Gasteiger partial charge >= 0.3 is 0 Å². The van der Waals surface area contributed by atoms with Crippen LogP contribution in [0.5, 0.6) is 5.75 Å². The first-order valence-electron chi connectivity index (χ1n) is 9.72. The third kappa shape index (κ3) is 4.19. The standard InChI is InChI=1S/C21H27N3O2S.ClH/c1-12-6-7-18(26-2)16(8-12)17-11-27-21(23-17)24-20(25)15-9-13-4-3-5-14(10-15)19(13)22;/h6-8,11,13-15,19H,3-5,9-10,22H2,1-2H3,(H,23,24,25);1H. The van der Waals surface area contributed by atoms with E-state index < -0.39 is 0 Å². The highest BCUT2D eigenvalue weighted by Crippen LogP contribution is 2.42. The summed E-state index contributed by atoms with van der Waals surface area (Å²) < 4.78 is 5.46. The highest BCUT2D eigenvalue weighted by Gasteiger charge is 2.40. The first-order valence-corrected chi connectivity index (χ1v) is 10.6. The zero-order chi connectivity index (χ0) is 19.0. The highest BCUT2D eigenvalue weighted by molar-refractivity contribution is 7.14. The molecule has 2 aliphatic rings. The number of anilines is 1. The fourth-order valence-electron chi connectivity index (χ4n) is 4.69. The number of nitrogens with zero attached hydrogens (tertiary/aromatic N) is 1. The number of aromatic nitrogens is 1. The van der Waals surface area contributed by atoms with Crippen LogP contribution in [0.1, 0.15) is 37.7 Å². The zero-order valence-corrected chi connectivity index (χ0v) is 17.9. The molecular formula is C21H28ClN3O2S. The molecule has 2 saturated carbocycles. The van der Waals surface area contributed by atoms with Gasteiger partial charge in [-0.05, 0) is 56.6 Å². The third-order valence-electron chi connectivity index (χ3n) is 6.15. The lowest BCUT2D eigenvalue weighted by Crippen LogP contribution is -2.48. The molecule has 2 atom stereocenters. The number of carbonyl (C=O) groups is 1. The van der Waals surface area contributed by atoms with Crippen LogP contribution in [-0.2, 0) is 4.79 Å². The second kappa shape index (κ2) is 8.80. The van der Waals surface area contributed by atoms with Crippen molar-refractivity contribution >= 4 is 34.8 Å². The molecule has 0 spiro atoms. The van der Waals surface area contributed by atoms with Crippen LogP contribution < -0.4 is 15.8 Å². The number of aryl methyl sites for hydroxylation is 1. The Morgan fingerprint density at radius 3 is 2.68 bits per heavy atom. The second-order valence-corrected chi connectivity index (χ2v) is 8.79. The van der Waals surface area contributed by atoms with Gasteiger partial charge in [0.25, 0.3) is 0 Å². The monoisotopic (exact) mass is 421 g/mol. The minimum Gasteiger partial charge on any atom is -0.496 e. The van der Waals surface area contributed by atoms with Crippen molar-refractivity contribution in [2.24, 2.45) is 23.5 Å². The quantitative estimate of drug-likeness (QED) is 0.753. The summed E-state index contributed by atoms with van der Waals surface area (Å²) in [5.41, 5.74) is 9.28. The Morgan fingerprint density at radius 2 is 2.00 bits per heavy atom. The summed E-state index contributed by atoms with van der Waals surface area (Å²) in [6, 6.07) is 6.31. The Hall–Kier alpha value is -1.63. The second-order valence-electron chi connectivity index (χ2n) is 7.93. The lowest BCUT2D eigenvalue weighted by atomic mass is 9.65. The Bertz CT molecular complexity index is 827. The van der Waals surface area contributed by atoms with Gasteiger partial charge in [-0.2, -0.15) is 0 Å². The SMILES string of the molecule is COc1ccc(C)cc1-c1csc(NC(=O)C2CC3CCCC(C2)C3N)n1.Cl. The van der Waals surface area contributed by atoms with Gasteiger partial charge in [0.05, 0.1) is 12.8 Å². The predicted octanol–water partition coefficient (Wildman–Crippen LogP) is 4.64. The first kappa shape index (κ1) is 21.1. The van der Waals surface area contributed by atoms with Crippen molar-refractivity contribution in [3.8, 4) is 17.0 Å². The summed E-state index contributed by atoms with van der Waals surface area (Å²) in [5, 5.41) is 5.67. The smallest absolute Gasteiger partial charge is 0.229 e. The molecule has 0 saturated heterocycles.